The molecule has 1 aliphatic rings. The highest BCUT2D eigenvalue weighted by atomic mass is 32.2. The molecule has 0 unspecified atom stereocenters. The molecule has 4 rings (SSSR count). The van der Waals surface area contributed by atoms with Crippen molar-refractivity contribution in [1.82, 2.24) is 15.2 Å². The summed E-state index contributed by atoms with van der Waals surface area (Å²) in [5, 5.41) is 8.86. The van der Waals surface area contributed by atoms with Gasteiger partial charge >= 0.3 is 0 Å². The van der Waals surface area contributed by atoms with Crippen LogP contribution in [-0.4, -0.2) is 15.2 Å². The second kappa shape index (κ2) is 3.42. The molecule has 0 atom stereocenters. The normalized spacial score (nSPS) is 13.7. The fourth-order valence-corrected chi connectivity index (χ4v) is 3.84. The molecule has 1 aliphatic heterocycles. The Labute approximate surface area is 109 Å². The molecular weight excluding hydrogens is 242 g/mol. The zero-order valence-electron chi connectivity index (χ0n) is 10.3. The smallest absolute Gasteiger partial charge is 0.114 e. The predicted octanol–water partition coefficient (Wildman–Crippen LogP) is 3.78. The summed E-state index contributed by atoms with van der Waals surface area (Å²) in [4.78, 5) is 4.85. The summed E-state index contributed by atoms with van der Waals surface area (Å²) >= 11 is 1.90. The Hall–Kier alpha value is -1.68. The largest absolute Gasteiger partial charge is 0.352 e. The zero-order chi connectivity index (χ0) is 12.3. The van der Waals surface area contributed by atoms with Crippen LogP contribution in [0.1, 0.15) is 16.8 Å². The molecule has 3 nitrogen and oxygen atoms in total. The number of aromatic amines is 2. The van der Waals surface area contributed by atoms with Crippen molar-refractivity contribution in [3.63, 3.8) is 0 Å². The van der Waals surface area contributed by atoms with E-state index in [1.165, 1.54) is 38.3 Å². The highest BCUT2D eigenvalue weighted by molar-refractivity contribution is 7.99. The molecule has 0 aliphatic carbocycles. The molecule has 2 N–H and O–H groups in total. The summed E-state index contributed by atoms with van der Waals surface area (Å²) in [5.74, 6) is 1.01. The predicted molar refractivity (Wildman–Crippen MR) is 74.9 cm³/mol. The van der Waals surface area contributed by atoms with Gasteiger partial charge in [0.15, 0.2) is 0 Å². The molecule has 4 heteroatoms. The van der Waals surface area contributed by atoms with Gasteiger partial charge in [-0.15, -0.1) is 11.8 Å². The van der Waals surface area contributed by atoms with Gasteiger partial charge < -0.3 is 4.98 Å². The van der Waals surface area contributed by atoms with Crippen LogP contribution >= 0.6 is 11.8 Å². The van der Waals surface area contributed by atoms with Crippen molar-refractivity contribution in [1.29, 1.82) is 0 Å². The number of nitrogens with zero attached hydrogens (tertiary/aromatic N) is 1. The second-order valence-electron chi connectivity index (χ2n) is 4.84. The first kappa shape index (κ1) is 10.3. The van der Waals surface area contributed by atoms with E-state index in [9.17, 15) is 0 Å². The third-order valence-corrected chi connectivity index (χ3v) is 4.72. The van der Waals surface area contributed by atoms with Gasteiger partial charge in [-0.1, -0.05) is 11.6 Å². The molecule has 0 bridgehead atoms. The standard InChI is InChI=1S/C14H13N3S/c1-7-3-4-11-9(5-7)14-13(15-11)12-10(6-18-14)8(2)16-17-12/h3-5,15H,6H2,1-2H3,(H,16,17). The molecule has 90 valence electrons. The van der Waals surface area contributed by atoms with E-state index in [2.05, 4.69) is 47.2 Å². The van der Waals surface area contributed by atoms with Crippen LogP contribution in [0.4, 0.5) is 0 Å². The van der Waals surface area contributed by atoms with Gasteiger partial charge in [0.05, 0.1) is 5.69 Å². The number of thioether (sulfide) groups is 1. The highest BCUT2D eigenvalue weighted by Gasteiger charge is 2.24. The fourth-order valence-electron chi connectivity index (χ4n) is 2.58. The molecule has 3 heterocycles. The van der Waals surface area contributed by atoms with E-state index >= 15 is 0 Å². The Morgan fingerprint density at radius 1 is 1.28 bits per heavy atom. The minimum absolute atomic E-state index is 1.01. The van der Waals surface area contributed by atoms with E-state index in [1.807, 2.05) is 11.8 Å². The van der Waals surface area contributed by atoms with Crippen molar-refractivity contribution in [2.45, 2.75) is 24.5 Å². The maximum absolute atomic E-state index is 4.45. The van der Waals surface area contributed by atoms with Gasteiger partial charge in [-0.2, -0.15) is 5.10 Å². The molecular formula is C14H13N3S. The number of rotatable bonds is 0. The van der Waals surface area contributed by atoms with Crippen molar-refractivity contribution < 1.29 is 0 Å². The highest BCUT2D eigenvalue weighted by Crippen LogP contribution is 2.45. The van der Waals surface area contributed by atoms with Crippen LogP contribution in [0.15, 0.2) is 23.1 Å². The minimum atomic E-state index is 1.01. The molecule has 0 saturated carbocycles. The van der Waals surface area contributed by atoms with Gasteiger partial charge in [-0.25, -0.2) is 0 Å². The van der Waals surface area contributed by atoms with Crippen LogP contribution in [0.5, 0.6) is 0 Å². The lowest BCUT2D eigenvalue weighted by Crippen LogP contribution is -1.93. The van der Waals surface area contributed by atoms with Crippen molar-refractivity contribution in [2.24, 2.45) is 0 Å². The van der Waals surface area contributed by atoms with Gasteiger partial charge in [0.25, 0.3) is 0 Å². The lowest BCUT2D eigenvalue weighted by molar-refractivity contribution is 1.04. The minimum Gasteiger partial charge on any atom is -0.352 e. The molecule has 0 spiro atoms. The Morgan fingerprint density at radius 2 is 2.17 bits per heavy atom. The third kappa shape index (κ3) is 1.24. The molecule has 0 amide bonds. The molecule has 0 radical (unpaired) electrons. The molecule has 0 saturated heterocycles. The van der Waals surface area contributed by atoms with Crippen LogP contribution in [0.2, 0.25) is 0 Å². The molecule has 2 aromatic heterocycles. The van der Waals surface area contributed by atoms with E-state index < -0.39 is 0 Å². The van der Waals surface area contributed by atoms with Gasteiger partial charge in [0, 0.05) is 32.8 Å². The van der Waals surface area contributed by atoms with E-state index in [4.69, 9.17) is 0 Å². The van der Waals surface area contributed by atoms with Gasteiger partial charge in [0.2, 0.25) is 0 Å². The van der Waals surface area contributed by atoms with Gasteiger partial charge in [-0.3, -0.25) is 5.10 Å². The first-order chi connectivity index (χ1) is 8.74. The number of aryl methyl sites for hydroxylation is 2. The lowest BCUT2D eigenvalue weighted by atomic mass is 10.1. The number of benzene rings is 1. The number of aromatic nitrogens is 3. The van der Waals surface area contributed by atoms with Crippen molar-refractivity contribution in [2.75, 3.05) is 0 Å². The average Bonchev–Trinajstić information content (AvgIpc) is 2.90. The summed E-state index contributed by atoms with van der Waals surface area (Å²) in [5.41, 5.74) is 7.27. The quantitative estimate of drug-likeness (QED) is 0.642. The Bertz CT molecular complexity index is 767. The van der Waals surface area contributed by atoms with E-state index in [1.54, 1.807) is 0 Å². The number of hydrogen-bond donors (Lipinski definition) is 2. The summed E-state index contributed by atoms with van der Waals surface area (Å²) < 4.78 is 0. The van der Waals surface area contributed by atoms with E-state index in [0.717, 1.165) is 11.4 Å². The average molecular weight is 255 g/mol. The molecule has 0 fully saturated rings. The fraction of sp³-hybridized carbons (Fsp3) is 0.214. The first-order valence-electron chi connectivity index (χ1n) is 6.03. The topological polar surface area (TPSA) is 44.5 Å². The Kier molecular flexibility index (Phi) is 1.95. The van der Waals surface area contributed by atoms with Crippen molar-refractivity contribution in [3.8, 4) is 11.4 Å². The summed E-state index contributed by atoms with van der Waals surface area (Å²) in [7, 11) is 0. The molecule has 18 heavy (non-hydrogen) atoms. The number of fused-ring (bicyclic) bond motifs is 5. The van der Waals surface area contributed by atoms with Crippen LogP contribution < -0.4 is 0 Å². The Balaban J connectivity index is 2.08. The number of H-pyrrole nitrogens is 2. The maximum Gasteiger partial charge on any atom is 0.114 e. The van der Waals surface area contributed by atoms with Crippen LogP contribution in [-0.2, 0) is 5.75 Å². The number of hydrogen-bond acceptors (Lipinski definition) is 2. The van der Waals surface area contributed by atoms with Crippen LogP contribution in [0.25, 0.3) is 22.3 Å². The first-order valence-corrected chi connectivity index (χ1v) is 7.02. The molecule has 3 aromatic rings. The van der Waals surface area contributed by atoms with Crippen molar-refractivity contribution >= 4 is 22.7 Å². The summed E-state index contributed by atoms with van der Waals surface area (Å²) in [6, 6.07) is 6.55. The third-order valence-electron chi connectivity index (χ3n) is 3.58. The number of nitrogens with one attached hydrogen (secondary N) is 2. The van der Waals surface area contributed by atoms with Gasteiger partial charge in [0.1, 0.15) is 5.69 Å². The summed E-state index contributed by atoms with van der Waals surface area (Å²) in [6.07, 6.45) is 0. The van der Waals surface area contributed by atoms with E-state index in [-0.39, 0.29) is 0 Å². The Morgan fingerprint density at radius 3 is 3.06 bits per heavy atom. The van der Waals surface area contributed by atoms with Gasteiger partial charge in [-0.05, 0) is 26.0 Å². The maximum atomic E-state index is 4.45. The van der Waals surface area contributed by atoms with Crippen molar-refractivity contribution in [3.05, 3.63) is 35.0 Å². The van der Waals surface area contributed by atoms with Crippen LogP contribution in [0, 0.1) is 13.8 Å². The van der Waals surface area contributed by atoms with Crippen LogP contribution in [0.3, 0.4) is 0 Å². The lowest BCUT2D eigenvalue weighted by Gasteiger charge is -2.11. The second-order valence-corrected chi connectivity index (χ2v) is 5.83. The monoisotopic (exact) mass is 255 g/mol. The zero-order valence-corrected chi connectivity index (χ0v) is 11.1. The van der Waals surface area contributed by atoms with E-state index in [0.29, 0.717) is 0 Å². The SMILES string of the molecule is Cc1ccc2[nH]c3c(c2c1)SCc1c-3n[nH]c1C. The molecule has 1 aromatic carbocycles. The summed E-state index contributed by atoms with van der Waals surface area (Å²) in [6.45, 7) is 4.22.